The van der Waals surface area contributed by atoms with Gasteiger partial charge in [0, 0.05) is 0 Å². The van der Waals surface area contributed by atoms with Crippen LogP contribution in [0.5, 0.6) is 0 Å². The molecule has 1 aliphatic rings. The van der Waals surface area contributed by atoms with E-state index in [0.29, 0.717) is 17.9 Å². The lowest BCUT2D eigenvalue weighted by Gasteiger charge is -2.41. The van der Waals surface area contributed by atoms with E-state index in [1.807, 2.05) is 13.8 Å². The summed E-state index contributed by atoms with van der Waals surface area (Å²) in [5.41, 5.74) is 9.21. The molecule has 1 aliphatic carbocycles. The van der Waals surface area contributed by atoms with Gasteiger partial charge in [0.2, 0.25) is 0 Å². The van der Waals surface area contributed by atoms with E-state index in [9.17, 15) is 4.39 Å². The standard InChI is InChI=1S/C17H26FN/c1-11-7-12(2)16(15(18)8-11)14-9-17(3,4)6-5-13(14)10-19/h7-8,13-14H,5-6,9-10,19H2,1-4H3. The lowest BCUT2D eigenvalue weighted by atomic mass is 9.64. The average Bonchev–Trinajstić information content (AvgIpc) is 2.26. The van der Waals surface area contributed by atoms with Crippen molar-refractivity contribution in [1.82, 2.24) is 0 Å². The third-order valence-electron chi connectivity index (χ3n) is 4.69. The Labute approximate surface area is 116 Å². The summed E-state index contributed by atoms with van der Waals surface area (Å²) < 4.78 is 14.4. The van der Waals surface area contributed by atoms with E-state index in [1.54, 1.807) is 6.07 Å². The van der Waals surface area contributed by atoms with Gasteiger partial charge in [-0.1, -0.05) is 19.9 Å². The molecule has 1 nitrogen and oxygen atoms in total. The molecule has 1 aromatic rings. The number of benzene rings is 1. The van der Waals surface area contributed by atoms with Crippen LogP contribution in [0.4, 0.5) is 4.39 Å². The molecule has 0 spiro atoms. The summed E-state index contributed by atoms with van der Waals surface area (Å²) in [6.07, 6.45) is 3.34. The second-order valence-electron chi connectivity index (χ2n) is 6.99. The molecule has 19 heavy (non-hydrogen) atoms. The summed E-state index contributed by atoms with van der Waals surface area (Å²) in [5, 5.41) is 0. The number of rotatable bonds is 2. The minimum Gasteiger partial charge on any atom is -0.330 e. The van der Waals surface area contributed by atoms with Crippen LogP contribution in [0.1, 0.15) is 55.7 Å². The summed E-state index contributed by atoms with van der Waals surface area (Å²) in [6, 6.07) is 3.76. The number of nitrogens with two attached hydrogens (primary N) is 1. The molecule has 106 valence electrons. The third kappa shape index (κ3) is 3.00. The van der Waals surface area contributed by atoms with Gasteiger partial charge in [-0.2, -0.15) is 0 Å². The highest BCUT2D eigenvalue weighted by atomic mass is 19.1. The van der Waals surface area contributed by atoms with Gasteiger partial charge >= 0.3 is 0 Å². The van der Waals surface area contributed by atoms with Crippen molar-refractivity contribution in [1.29, 1.82) is 0 Å². The van der Waals surface area contributed by atoms with E-state index in [0.717, 1.165) is 29.5 Å². The first kappa shape index (κ1) is 14.5. The van der Waals surface area contributed by atoms with Crippen LogP contribution in [-0.2, 0) is 0 Å². The Balaban J connectivity index is 2.42. The maximum Gasteiger partial charge on any atom is 0.127 e. The second-order valence-corrected chi connectivity index (χ2v) is 6.99. The molecule has 2 unspecified atom stereocenters. The molecule has 0 saturated heterocycles. The van der Waals surface area contributed by atoms with Gasteiger partial charge in [-0.3, -0.25) is 0 Å². The van der Waals surface area contributed by atoms with Crippen LogP contribution < -0.4 is 5.73 Å². The molecule has 2 rings (SSSR count). The van der Waals surface area contributed by atoms with Gasteiger partial charge < -0.3 is 5.73 Å². The number of halogens is 1. The SMILES string of the molecule is Cc1cc(C)c(C2CC(C)(C)CCC2CN)c(F)c1. The van der Waals surface area contributed by atoms with Gasteiger partial charge in [-0.25, -0.2) is 4.39 Å². The molecule has 0 aliphatic heterocycles. The molecule has 1 aromatic carbocycles. The number of hydrogen-bond donors (Lipinski definition) is 1. The molecular weight excluding hydrogens is 237 g/mol. The summed E-state index contributed by atoms with van der Waals surface area (Å²) in [6.45, 7) is 9.21. The first-order valence-electron chi connectivity index (χ1n) is 7.31. The van der Waals surface area contributed by atoms with Crippen molar-refractivity contribution in [2.75, 3.05) is 6.54 Å². The first-order chi connectivity index (χ1) is 8.84. The van der Waals surface area contributed by atoms with E-state index in [2.05, 4.69) is 19.9 Å². The van der Waals surface area contributed by atoms with E-state index >= 15 is 0 Å². The quantitative estimate of drug-likeness (QED) is 0.845. The van der Waals surface area contributed by atoms with Crippen molar-refractivity contribution in [2.24, 2.45) is 17.1 Å². The molecule has 0 radical (unpaired) electrons. The van der Waals surface area contributed by atoms with Crippen molar-refractivity contribution in [3.63, 3.8) is 0 Å². The van der Waals surface area contributed by atoms with Crippen LogP contribution in [0.3, 0.4) is 0 Å². The summed E-state index contributed by atoms with van der Waals surface area (Å²) in [5.74, 6) is 0.650. The Hall–Kier alpha value is -0.890. The Morgan fingerprint density at radius 2 is 2.00 bits per heavy atom. The topological polar surface area (TPSA) is 26.0 Å². The van der Waals surface area contributed by atoms with Crippen molar-refractivity contribution < 1.29 is 4.39 Å². The fourth-order valence-corrected chi connectivity index (χ4v) is 3.66. The molecule has 0 amide bonds. The van der Waals surface area contributed by atoms with Gasteiger partial charge in [0.1, 0.15) is 5.82 Å². The fraction of sp³-hybridized carbons (Fsp3) is 0.647. The highest BCUT2D eigenvalue weighted by Crippen LogP contribution is 2.47. The smallest absolute Gasteiger partial charge is 0.127 e. The van der Waals surface area contributed by atoms with Crippen LogP contribution in [0.15, 0.2) is 12.1 Å². The van der Waals surface area contributed by atoms with Gasteiger partial charge in [0.05, 0.1) is 0 Å². The summed E-state index contributed by atoms with van der Waals surface area (Å²) >= 11 is 0. The number of aryl methyl sites for hydroxylation is 2. The Bertz CT molecular complexity index is 441. The molecular formula is C17H26FN. The molecule has 0 bridgehead atoms. The zero-order valence-corrected chi connectivity index (χ0v) is 12.6. The monoisotopic (exact) mass is 263 g/mol. The van der Waals surface area contributed by atoms with Crippen LogP contribution >= 0.6 is 0 Å². The van der Waals surface area contributed by atoms with E-state index in [-0.39, 0.29) is 11.7 Å². The molecule has 0 aromatic heterocycles. The zero-order chi connectivity index (χ0) is 14.2. The predicted octanol–water partition coefficient (Wildman–Crippen LogP) is 4.31. The molecule has 2 atom stereocenters. The second kappa shape index (κ2) is 5.24. The maximum absolute atomic E-state index is 14.4. The first-order valence-corrected chi connectivity index (χ1v) is 7.31. The summed E-state index contributed by atoms with van der Waals surface area (Å²) in [7, 11) is 0. The largest absolute Gasteiger partial charge is 0.330 e. The molecule has 2 N–H and O–H groups in total. The van der Waals surface area contributed by atoms with Crippen molar-refractivity contribution in [3.05, 3.63) is 34.6 Å². The predicted molar refractivity (Wildman–Crippen MR) is 78.8 cm³/mol. The minimum atomic E-state index is -0.0429. The normalized spacial score (nSPS) is 26.4. The third-order valence-corrected chi connectivity index (χ3v) is 4.69. The maximum atomic E-state index is 14.4. The van der Waals surface area contributed by atoms with Crippen LogP contribution in [0.2, 0.25) is 0 Å². The highest BCUT2D eigenvalue weighted by Gasteiger charge is 2.36. The fourth-order valence-electron chi connectivity index (χ4n) is 3.66. The highest BCUT2D eigenvalue weighted by molar-refractivity contribution is 5.35. The van der Waals surface area contributed by atoms with Crippen LogP contribution in [-0.4, -0.2) is 6.54 Å². The number of hydrogen-bond acceptors (Lipinski definition) is 1. The lowest BCUT2D eigenvalue weighted by Crippen LogP contribution is -2.33. The van der Waals surface area contributed by atoms with Gasteiger partial charge in [0.25, 0.3) is 0 Å². The Kier molecular flexibility index (Phi) is 4.00. The van der Waals surface area contributed by atoms with Crippen molar-refractivity contribution in [3.8, 4) is 0 Å². The van der Waals surface area contributed by atoms with Gasteiger partial charge in [-0.05, 0) is 79.7 Å². The van der Waals surface area contributed by atoms with Crippen LogP contribution in [0.25, 0.3) is 0 Å². The summed E-state index contributed by atoms with van der Waals surface area (Å²) in [4.78, 5) is 0. The zero-order valence-electron chi connectivity index (χ0n) is 12.6. The van der Waals surface area contributed by atoms with E-state index in [4.69, 9.17) is 5.73 Å². The molecule has 2 heteroatoms. The van der Waals surface area contributed by atoms with E-state index < -0.39 is 0 Å². The van der Waals surface area contributed by atoms with Crippen molar-refractivity contribution >= 4 is 0 Å². The molecule has 0 heterocycles. The molecule has 1 saturated carbocycles. The Morgan fingerprint density at radius 3 is 2.58 bits per heavy atom. The minimum absolute atomic E-state index is 0.0429. The molecule has 1 fully saturated rings. The van der Waals surface area contributed by atoms with Crippen LogP contribution in [0, 0.1) is 31.0 Å². The lowest BCUT2D eigenvalue weighted by molar-refractivity contribution is 0.163. The average molecular weight is 263 g/mol. The Morgan fingerprint density at radius 1 is 1.32 bits per heavy atom. The van der Waals surface area contributed by atoms with Gasteiger partial charge in [-0.15, -0.1) is 0 Å². The van der Waals surface area contributed by atoms with E-state index in [1.165, 1.54) is 6.42 Å². The van der Waals surface area contributed by atoms with Crippen molar-refractivity contribution in [2.45, 2.75) is 52.9 Å². The van der Waals surface area contributed by atoms with Gasteiger partial charge in [0.15, 0.2) is 0 Å².